The summed E-state index contributed by atoms with van der Waals surface area (Å²) < 4.78 is 4.72. The van der Waals surface area contributed by atoms with E-state index in [-0.39, 0.29) is 0 Å². The predicted octanol–water partition coefficient (Wildman–Crippen LogP) is 5.58. The van der Waals surface area contributed by atoms with Crippen molar-refractivity contribution in [2.45, 2.75) is 104 Å². The Morgan fingerprint density at radius 1 is 0.773 bits per heavy atom. The second-order valence-electron chi connectivity index (χ2n) is 6.80. The van der Waals surface area contributed by atoms with Gasteiger partial charge in [-0.25, -0.2) is 9.13 Å². The van der Waals surface area contributed by atoms with Gasteiger partial charge >= 0.3 is 0 Å². The Balaban J connectivity index is 1.98. The van der Waals surface area contributed by atoms with Crippen LogP contribution in [0.3, 0.4) is 0 Å². The van der Waals surface area contributed by atoms with Gasteiger partial charge in [0.25, 0.3) is 5.82 Å². The minimum atomic E-state index is 1.16. The van der Waals surface area contributed by atoms with E-state index in [4.69, 9.17) is 0 Å². The van der Waals surface area contributed by atoms with Gasteiger partial charge in [0.05, 0.1) is 13.6 Å². The molecule has 1 rings (SSSR count). The third-order valence-corrected chi connectivity index (χ3v) is 4.68. The Kier molecular flexibility index (Phi) is 11.1. The molecule has 0 unspecified atom stereocenters. The predicted molar refractivity (Wildman–Crippen MR) is 96.1 cm³/mol. The number of rotatable bonds is 14. The first kappa shape index (κ1) is 19.3. The standard InChI is InChI=1S/C20H39N2/c1-4-6-7-8-9-10-11-12-13-14-15-16-20-21(3)18-19-22(20)17-5-2/h18-19H,4-17H2,1-3H3/q+1. The molecule has 1 heterocycles. The molecule has 0 fully saturated rings. The van der Waals surface area contributed by atoms with E-state index in [0.717, 1.165) is 6.54 Å². The zero-order chi connectivity index (χ0) is 16.0. The third-order valence-electron chi connectivity index (χ3n) is 4.68. The van der Waals surface area contributed by atoms with Crippen LogP contribution < -0.4 is 4.57 Å². The van der Waals surface area contributed by atoms with Crippen LogP contribution in [0.4, 0.5) is 0 Å². The molecule has 1 aromatic rings. The van der Waals surface area contributed by atoms with Gasteiger partial charge in [-0.05, 0) is 12.8 Å². The highest BCUT2D eigenvalue weighted by molar-refractivity contribution is 4.83. The first-order valence-corrected chi connectivity index (χ1v) is 9.83. The molecule has 2 nitrogen and oxygen atoms in total. The Morgan fingerprint density at radius 3 is 1.86 bits per heavy atom. The van der Waals surface area contributed by atoms with Gasteiger partial charge in [-0.3, -0.25) is 0 Å². The van der Waals surface area contributed by atoms with Crippen molar-refractivity contribution < 1.29 is 4.57 Å². The number of hydrogen-bond donors (Lipinski definition) is 0. The summed E-state index contributed by atoms with van der Waals surface area (Å²) in [4.78, 5) is 0. The van der Waals surface area contributed by atoms with Gasteiger partial charge < -0.3 is 0 Å². The maximum atomic E-state index is 2.43. The van der Waals surface area contributed by atoms with E-state index in [9.17, 15) is 0 Å². The van der Waals surface area contributed by atoms with Crippen molar-refractivity contribution in [3.63, 3.8) is 0 Å². The van der Waals surface area contributed by atoms with Crippen LogP contribution in [0.15, 0.2) is 12.4 Å². The maximum absolute atomic E-state index is 2.43. The number of unbranched alkanes of at least 4 members (excludes halogenated alkanes) is 10. The van der Waals surface area contributed by atoms with Crippen LogP contribution in [0.1, 0.15) is 96.7 Å². The van der Waals surface area contributed by atoms with Crippen LogP contribution >= 0.6 is 0 Å². The van der Waals surface area contributed by atoms with Crippen LogP contribution in [-0.4, -0.2) is 4.57 Å². The molecule has 0 bridgehead atoms. The van der Waals surface area contributed by atoms with Crippen LogP contribution in [0, 0.1) is 0 Å². The lowest BCUT2D eigenvalue weighted by Gasteiger charge is -2.03. The number of aryl methyl sites for hydroxylation is 2. The molecule has 0 spiro atoms. The molecule has 128 valence electrons. The first-order chi connectivity index (χ1) is 10.8. The topological polar surface area (TPSA) is 8.81 Å². The lowest BCUT2D eigenvalue weighted by molar-refractivity contribution is -0.678. The Labute approximate surface area is 138 Å². The summed E-state index contributed by atoms with van der Waals surface area (Å²) in [6, 6.07) is 0. The van der Waals surface area contributed by atoms with E-state index in [0.29, 0.717) is 0 Å². The van der Waals surface area contributed by atoms with Crippen LogP contribution in [0.25, 0.3) is 0 Å². The van der Waals surface area contributed by atoms with Crippen molar-refractivity contribution in [2.75, 3.05) is 0 Å². The van der Waals surface area contributed by atoms with Crippen molar-refractivity contribution in [3.8, 4) is 0 Å². The van der Waals surface area contributed by atoms with E-state index in [2.05, 4.69) is 42.4 Å². The van der Waals surface area contributed by atoms with Gasteiger partial charge in [0.15, 0.2) is 0 Å². The molecule has 0 saturated carbocycles. The van der Waals surface area contributed by atoms with E-state index in [1.54, 1.807) is 0 Å². The van der Waals surface area contributed by atoms with Gasteiger partial charge in [0.1, 0.15) is 12.4 Å². The molecule has 2 heteroatoms. The van der Waals surface area contributed by atoms with Gasteiger partial charge in [0, 0.05) is 6.42 Å². The van der Waals surface area contributed by atoms with Crippen molar-refractivity contribution in [3.05, 3.63) is 18.2 Å². The molecular formula is C20H39N2+. The zero-order valence-corrected chi connectivity index (χ0v) is 15.4. The van der Waals surface area contributed by atoms with E-state index < -0.39 is 0 Å². The molecule has 0 saturated heterocycles. The minimum Gasteiger partial charge on any atom is -0.237 e. The summed E-state index contributed by atoms with van der Waals surface area (Å²) in [6.07, 6.45) is 22.6. The van der Waals surface area contributed by atoms with Gasteiger partial charge in [-0.1, -0.05) is 78.1 Å². The van der Waals surface area contributed by atoms with Crippen molar-refractivity contribution in [1.29, 1.82) is 0 Å². The minimum absolute atomic E-state index is 1.16. The highest BCUT2D eigenvalue weighted by Gasteiger charge is 2.12. The zero-order valence-electron chi connectivity index (χ0n) is 15.4. The summed E-state index contributed by atoms with van der Waals surface area (Å²) in [7, 11) is 2.18. The van der Waals surface area contributed by atoms with E-state index in [1.165, 1.54) is 89.3 Å². The molecule has 0 radical (unpaired) electrons. The average Bonchev–Trinajstić information content (AvgIpc) is 2.86. The maximum Gasteiger partial charge on any atom is 0.256 e. The molecule has 0 aliphatic heterocycles. The fourth-order valence-electron chi connectivity index (χ4n) is 3.27. The van der Waals surface area contributed by atoms with Gasteiger partial charge in [-0.2, -0.15) is 0 Å². The van der Waals surface area contributed by atoms with E-state index >= 15 is 0 Å². The molecule has 1 aromatic heterocycles. The lowest BCUT2D eigenvalue weighted by Crippen LogP contribution is -2.32. The van der Waals surface area contributed by atoms with Crippen molar-refractivity contribution >= 4 is 0 Å². The number of hydrogen-bond acceptors (Lipinski definition) is 0. The Bertz CT molecular complexity index is 368. The smallest absolute Gasteiger partial charge is 0.237 e. The summed E-state index contributed by atoms with van der Waals surface area (Å²) in [6.45, 7) is 5.71. The second-order valence-corrected chi connectivity index (χ2v) is 6.80. The SMILES string of the molecule is CCCCCCCCCCCCCc1n(CCC)cc[n+]1C. The molecule has 0 aliphatic rings. The summed E-state index contributed by atoms with van der Waals surface area (Å²) in [5, 5.41) is 0. The average molecular weight is 308 g/mol. The fraction of sp³-hybridized carbons (Fsp3) is 0.850. The highest BCUT2D eigenvalue weighted by atomic mass is 15.1. The number of aromatic nitrogens is 2. The quantitative estimate of drug-likeness (QED) is 0.313. The van der Waals surface area contributed by atoms with Crippen LogP contribution in [0.5, 0.6) is 0 Å². The van der Waals surface area contributed by atoms with Crippen LogP contribution in [-0.2, 0) is 20.0 Å². The second kappa shape index (κ2) is 12.7. The third kappa shape index (κ3) is 8.00. The van der Waals surface area contributed by atoms with Crippen molar-refractivity contribution in [2.24, 2.45) is 7.05 Å². The molecule has 22 heavy (non-hydrogen) atoms. The lowest BCUT2D eigenvalue weighted by atomic mass is 10.1. The Morgan fingerprint density at radius 2 is 1.32 bits per heavy atom. The number of nitrogens with zero attached hydrogens (tertiary/aromatic N) is 2. The first-order valence-electron chi connectivity index (χ1n) is 9.83. The normalized spacial score (nSPS) is 11.2. The molecule has 0 amide bonds. The van der Waals surface area contributed by atoms with E-state index in [1.807, 2.05) is 0 Å². The summed E-state index contributed by atoms with van der Waals surface area (Å²) in [5.74, 6) is 1.50. The summed E-state index contributed by atoms with van der Waals surface area (Å²) >= 11 is 0. The van der Waals surface area contributed by atoms with Gasteiger partial charge in [0.2, 0.25) is 0 Å². The largest absolute Gasteiger partial charge is 0.256 e. The molecule has 0 atom stereocenters. The Hall–Kier alpha value is -0.790. The van der Waals surface area contributed by atoms with Crippen molar-refractivity contribution in [1.82, 2.24) is 4.57 Å². The summed E-state index contributed by atoms with van der Waals surface area (Å²) in [5.41, 5.74) is 0. The molecular weight excluding hydrogens is 268 g/mol. The molecule has 0 aliphatic carbocycles. The highest BCUT2D eigenvalue weighted by Crippen LogP contribution is 2.12. The molecule has 0 aromatic carbocycles. The fourth-order valence-corrected chi connectivity index (χ4v) is 3.27. The molecule has 0 N–H and O–H groups in total. The van der Waals surface area contributed by atoms with Crippen LogP contribution in [0.2, 0.25) is 0 Å². The monoisotopic (exact) mass is 307 g/mol. The number of imidazole rings is 1. The van der Waals surface area contributed by atoms with Gasteiger partial charge in [-0.15, -0.1) is 0 Å².